The van der Waals surface area contributed by atoms with Crippen molar-refractivity contribution in [3.05, 3.63) is 80.8 Å². The lowest BCUT2D eigenvalue weighted by Gasteiger charge is -2.41. The number of alkyl halides is 2. The van der Waals surface area contributed by atoms with Crippen molar-refractivity contribution in [3.8, 4) is 28.6 Å². The number of carbonyl (C=O) groups excluding carboxylic acids is 1. The number of halogens is 2. The molecule has 2 aromatic heterocycles. The standard InChI is InChI=1S/C45H66F2N8O8Si2/c1-28(2)31-23-32(34(57)24-33(31)56)39-50-51-42(60)55(39)30-15-13-29(14-16-30)25-52-19-21-53(22-20-52)26-37(58)48-36-17-18-54(41(59)49-36)40-45(46,47)38(63-65(11,12)44(6,7)8)35(62-40)27-61-64(9,10)43(3,4)5/h13-18,23-24,28,35,38,40,56-57H,19-22,25-27H2,1-12H3,(H,51,60)(H,48,49,58,59)/t35-,38-,40-/m1/s1. The zero-order chi connectivity index (χ0) is 48.0. The summed E-state index contributed by atoms with van der Waals surface area (Å²) in [6.07, 6.45) is -3.63. The molecule has 0 radical (unpaired) electrons. The van der Waals surface area contributed by atoms with Gasteiger partial charge in [0.15, 0.2) is 22.5 Å². The van der Waals surface area contributed by atoms with Crippen LogP contribution in [0, 0.1) is 0 Å². The fourth-order valence-electron chi connectivity index (χ4n) is 7.36. The molecule has 2 aliphatic heterocycles. The van der Waals surface area contributed by atoms with E-state index in [1.165, 1.54) is 22.9 Å². The Labute approximate surface area is 381 Å². The molecule has 2 fully saturated rings. The maximum Gasteiger partial charge on any atom is 0.351 e. The lowest BCUT2D eigenvalue weighted by Crippen LogP contribution is -2.53. The van der Waals surface area contributed by atoms with Gasteiger partial charge in [0, 0.05) is 45.0 Å². The van der Waals surface area contributed by atoms with Gasteiger partial charge < -0.3 is 29.1 Å². The number of benzene rings is 2. The topological polar surface area (TPSA) is 189 Å². The molecular weight excluding hydrogens is 875 g/mol. The average Bonchev–Trinajstić information content (AvgIpc) is 3.69. The van der Waals surface area contributed by atoms with Gasteiger partial charge in [-0.1, -0.05) is 67.5 Å². The van der Waals surface area contributed by atoms with Crippen LogP contribution in [-0.2, 0) is 24.9 Å². The molecule has 1 amide bonds. The van der Waals surface area contributed by atoms with E-state index in [4.69, 9.17) is 13.6 Å². The number of H-pyrrole nitrogens is 1. The Hall–Kier alpha value is -4.58. The first-order chi connectivity index (χ1) is 30.1. The fraction of sp³-hybridized carbons (Fsp3) is 0.578. The summed E-state index contributed by atoms with van der Waals surface area (Å²) in [6, 6.07) is 11.6. The molecule has 4 N–H and O–H groups in total. The molecule has 356 valence electrons. The van der Waals surface area contributed by atoms with Gasteiger partial charge >= 0.3 is 17.3 Å². The number of phenols is 2. The van der Waals surface area contributed by atoms with E-state index in [0.29, 0.717) is 49.5 Å². The van der Waals surface area contributed by atoms with Crippen molar-refractivity contribution in [2.45, 2.75) is 128 Å². The smallest absolute Gasteiger partial charge is 0.351 e. The number of anilines is 1. The van der Waals surface area contributed by atoms with Crippen LogP contribution < -0.4 is 16.7 Å². The second-order valence-corrected chi connectivity index (χ2v) is 30.2. The molecule has 0 unspecified atom stereocenters. The average molecular weight is 941 g/mol. The maximum atomic E-state index is 16.5. The lowest BCUT2D eigenvalue weighted by molar-refractivity contribution is -0.138. The first-order valence-electron chi connectivity index (χ1n) is 22.1. The van der Waals surface area contributed by atoms with Crippen LogP contribution in [0.25, 0.3) is 17.1 Å². The van der Waals surface area contributed by atoms with Crippen molar-refractivity contribution in [1.29, 1.82) is 0 Å². The third-order valence-electron chi connectivity index (χ3n) is 13.5. The number of nitrogens with zero attached hydrogens (tertiary/aromatic N) is 6. The van der Waals surface area contributed by atoms with Crippen LogP contribution in [-0.4, -0.2) is 124 Å². The fourth-order valence-corrected chi connectivity index (χ4v) is 9.67. The van der Waals surface area contributed by atoms with Crippen LogP contribution in [0.5, 0.6) is 11.5 Å². The van der Waals surface area contributed by atoms with Crippen molar-refractivity contribution >= 4 is 28.4 Å². The normalized spacial score (nSPS) is 20.1. The largest absolute Gasteiger partial charge is 0.508 e. The number of aromatic hydroxyl groups is 2. The Balaban J connectivity index is 1.05. The number of rotatable bonds is 14. The van der Waals surface area contributed by atoms with Crippen molar-refractivity contribution in [2.75, 3.05) is 44.6 Å². The summed E-state index contributed by atoms with van der Waals surface area (Å²) in [5.74, 6) is -4.13. The van der Waals surface area contributed by atoms with E-state index < -0.39 is 58.3 Å². The molecule has 65 heavy (non-hydrogen) atoms. The number of aromatic amines is 1. The predicted molar refractivity (Wildman–Crippen MR) is 250 cm³/mol. The number of aromatic nitrogens is 5. The van der Waals surface area contributed by atoms with Crippen molar-refractivity contribution in [2.24, 2.45) is 0 Å². The first kappa shape index (κ1) is 49.8. The second-order valence-electron chi connectivity index (χ2n) is 20.6. The van der Waals surface area contributed by atoms with Crippen LogP contribution in [0.1, 0.15) is 78.7 Å². The van der Waals surface area contributed by atoms with Crippen molar-refractivity contribution in [1.82, 2.24) is 34.1 Å². The number of hydrogen-bond donors (Lipinski definition) is 4. The monoisotopic (exact) mass is 940 g/mol. The molecule has 6 rings (SSSR count). The number of ether oxygens (including phenoxy) is 1. The highest BCUT2D eigenvalue weighted by atomic mass is 28.4. The number of carbonyl (C=O) groups is 1. The molecule has 16 nitrogen and oxygen atoms in total. The molecule has 0 aliphatic carbocycles. The van der Waals surface area contributed by atoms with Gasteiger partial charge in [0.2, 0.25) is 12.1 Å². The highest BCUT2D eigenvalue weighted by Gasteiger charge is 2.63. The molecule has 0 saturated carbocycles. The van der Waals surface area contributed by atoms with Gasteiger partial charge in [-0.2, -0.15) is 18.9 Å². The minimum atomic E-state index is -3.61. The Kier molecular flexibility index (Phi) is 14.3. The molecule has 2 aromatic carbocycles. The summed E-state index contributed by atoms with van der Waals surface area (Å²) in [5.41, 5.74) is 0.992. The van der Waals surface area contributed by atoms with E-state index in [1.54, 1.807) is 18.2 Å². The maximum absolute atomic E-state index is 16.5. The number of amides is 1. The molecule has 20 heteroatoms. The highest BCUT2D eigenvalue weighted by Crippen LogP contribution is 2.49. The first-order valence-corrected chi connectivity index (χ1v) is 27.9. The number of hydrogen-bond acceptors (Lipinski definition) is 12. The quantitative estimate of drug-likeness (QED) is 0.0948. The van der Waals surface area contributed by atoms with Crippen LogP contribution in [0.4, 0.5) is 14.6 Å². The van der Waals surface area contributed by atoms with Crippen LogP contribution in [0.2, 0.25) is 36.3 Å². The SMILES string of the molecule is CC(C)c1cc(-c2n[nH]c(=O)n2-c2ccc(CN3CCN(CC(=O)Nc4ccn([C@@H]5O[C@H](CO[Si](C)(C)C(C)(C)C)[C@@H](O[Si](C)(C)C(C)(C)C)C5(F)F)c(=O)n4)CC3)cc2)c(O)cc1O. The second kappa shape index (κ2) is 18.6. The molecule has 4 heterocycles. The van der Waals surface area contributed by atoms with Crippen molar-refractivity contribution in [3.63, 3.8) is 0 Å². The van der Waals surface area contributed by atoms with E-state index in [-0.39, 0.29) is 52.3 Å². The minimum Gasteiger partial charge on any atom is -0.508 e. The Morgan fingerprint density at radius 2 is 1.55 bits per heavy atom. The van der Waals surface area contributed by atoms with Gasteiger partial charge in [-0.15, -0.1) is 0 Å². The van der Waals surface area contributed by atoms with Gasteiger partial charge in [0.1, 0.15) is 29.5 Å². The van der Waals surface area contributed by atoms with E-state index in [2.05, 4.69) is 46.2 Å². The summed E-state index contributed by atoms with van der Waals surface area (Å²) < 4.78 is 53.9. The third kappa shape index (κ3) is 10.8. The molecule has 3 atom stereocenters. The van der Waals surface area contributed by atoms with Crippen LogP contribution in [0.3, 0.4) is 0 Å². The Bertz CT molecular complexity index is 2450. The van der Waals surface area contributed by atoms with Gasteiger partial charge in [-0.3, -0.25) is 19.2 Å². The molecule has 0 spiro atoms. The summed E-state index contributed by atoms with van der Waals surface area (Å²) in [7, 11) is -5.10. The molecule has 2 saturated heterocycles. The van der Waals surface area contributed by atoms with E-state index in [0.717, 1.165) is 10.1 Å². The predicted octanol–water partition coefficient (Wildman–Crippen LogP) is 7.02. The number of nitrogens with one attached hydrogen (secondary N) is 2. The summed E-state index contributed by atoms with van der Waals surface area (Å²) in [4.78, 5) is 47.6. The molecule has 2 aliphatic rings. The van der Waals surface area contributed by atoms with Crippen LogP contribution >= 0.6 is 0 Å². The van der Waals surface area contributed by atoms with E-state index >= 15 is 8.78 Å². The highest BCUT2D eigenvalue weighted by molar-refractivity contribution is 6.74. The number of phenolic OH excluding ortho intramolecular Hbond substituents is 2. The van der Waals surface area contributed by atoms with Crippen molar-refractivity contribution < 1.29 is 37.4 Å². The number of piperazine rings is 1. The summed E-state index contributed by atoms with van der Waals surface area (Å²) in [6.45, 7) is 26.9. The molecule has 0 bridgehead atoms. The van der Waals surface area contributed by atoms with Gasteiger partial charge in [-0.05, 0) is 77.6 Å². The zero-order valence-electron chi connectivity index (χ0n) is 39.7. The van der Waals surface area contributed by atoms with Crippen LogP contribution in [0.15, 0.2) is 58.3 Å². The Morgan fingerprint density at radius 3 is 2.14 bits per heavy atom. The minimum absolute atomic E-state index is 0.0313. The van der Waals surface area contributed by atoms with Gasteiger partial charge in [0.25, 0.3) is 0 Å². The zero-order valence-corrected chi connectivity index (χ0v) is 41.7. The Morgan fingerprint density at radius 1 is 0.938 bits per heavy atom. The third-order valence-corrected chi connectivity index (χ3v) is 22.4. The van der Waals surface area contributed by atoms with E-state index in [1.807, 2.05) is 77.8 Å². The lowest BCUT2D eigenvalue weighted by atomic mass is 9.98. The van der Waals surface area contributed by atoms with E-state index in [9.17, 15) is 24.6 Å². The van der Waals surface area contributed by atoms with Gasteiger partial charge in [0.05, 0.1) is 24.4 Å². The summed E-state index contributed by atoms with van der Waals surface area (Å²) in [5, 5.41) is 29.7. The molecule has 4 aromatic rings. The van der Waals surface area contributed by atoms with Gasteiger partial charge in [-0.25, -0.2) is 19.3 Å². The summed E-state index contributed by atoms with van der Waals surface area (Å²) >= 11 is 0. The molecular formula is C45H66F2N8O8Si2.